The number of nitrogens with one attached hydrogen (secondary N) is 2. The molecule has 0 spiro atoms. The number of halogens is 2. The van der Waals surface area contributed by atoms with E-state index in [1.807, 2.05) is 24.3 Å². The van der Waals surface area contributed by atoms with Crippen molar-refractivity contribution < 1.29 is 37.7 Å². The van der Waals surface area contributed by atoms with Crippen LogP contribution in [0.2, 0.25) is 5.02 Å². The van der Waals surface area contributed by atoms with Gasteiger partial charge >= 0.3 is 0 Å². The van der Waals surface area contributed by atoms with Gasteiger partial charge in [0.25, 0.3) is 17.6 Å². The number of carbonyl (C=O) groups excluding carboxylic acids is 3. The first-order valence-electron chi connectivity index (χ1n) is 16.9. The monoisotopic (exact) mass is 726 g/mol. The zero-order chi connectivity index (χ0) is 36.5. The number of Topliss-reactive ketones (excluding diaryl/α,β-unsaturated/α-hetero) is 1. The summed E-state index contributed by atoms with van der Waals surface area (Å²) >= 11 is 5.94. The van der Waals surface area contributed by atoms with Crippen LogP contribution in [-0.4, -0.2) is 54.5 Å². The van der Waals surface area contributed by atoms with Crippen LogP contribution in [-0.2, 0) is 16.0 Å². The molecule has 1 aliphatic heterocycles. The molecule has 0 saturated heterocycles. The van der Waals surface area contributed by atoms with E-state index in [0.717, 1.165) is 44.1 Å². The van der Waals surface area contributed by atoms with Crippen LogP contribution in [0.3, 0.4) is 0 Å². The number of amides is 2. The van der Waals surface area contributed by atoms with Gasteiger partial charge in [0.15, 0.2) is 17.3 Å². The first kappa shape index (κ1) is 36.2. The Balaban J connectivity index is 0.919. The second-order valence-corrected chi connectivity index (χ2v) is 12.4. The van der Waals surface area contributed by atoms with Crippen molar-refractivity contribution in [3.63, 3.8) is 0 Å². The molecule has 2 heterocycles. The third-order valence-electron chi connectivity index (χ3n) is 8.47. The number of anilines is 2. The first-order chi connectivity index (χ1) is 25.3. The van der Waals surface area contributed by atoms with Gasteiger partial charge in [-0.25, -0.2) is 14.4 Å². The minimum absolute atomic E-state index is 0.00186. The van der Waals surface area contributed by atoms with Gasteiger partial charge in [-0.3, -0.25) is 19.7 Å². The van der Waals surface area contributed by atoms with E-state index in [9.17, 15) is 18.8 Å². The minimum Gasteiger partial charge on any atom is -0.493 e. The number of para-hydroxylation sites is 1. The third kappa shape index (κ3) is 8.47. The van der Waals surface area contributed by atoms with Gasteiger partial charge < -0.3 is 24.3 Å². The van der Waals surface area contributed by atoms with E-state index in [1.165, 1.54) is 18.5 Å². The number of ketones is 1. The molecule has 52 heavy (non-hydrogen) atoms. The SMILES string of the molecule is COc1cc2ncnc(Nc3cccc(Cl)c3F)c2cc1OCCOCCCCCCCc1ccccc1Oc1cccc2c1C(=O)NC(=O)C2=O. The lowest BCUT2D eigenvalue weighted by Crippen LogP contribution is -2.42. The van der Waals surface area contributed by atoms with Crippen molar-refractivity contribution in [1.29, 1.82) is 0 Å². The number of benzene rings is 4. The van der Waals surface area contributed by atoms with E-state index in [1.54, 1.807) is 43.5 Å². The third-order valence-corrected chi connectivity index (χ3v) is 8.76. The van der Waals surface area contributed by atoms with Crippen molar-refractivity contribution in [2.45, 2.75) is 38.5 Å². The maximum atomic E-state index is 14.5. The maximum Gasteiger partial charge on any atom is 0.299 e. The van der Waals surface area contributed by atoms with Gasteiger partial charge in [-0.15, -0.1) is 0 Å². The number of hydrogen-bond donors (Lipinski definition) is 2. The number of unbranched alkanes of at least 4 members (excludes halogenated alkanes) is 4. The average Bonchev–Trinajstić information content (AvgIpc) is 3.15. The summed E-state index contributed by atoms with van der Waals surface area (Å²) in [7, 11) is 1.55. The topological polar surface area (TPSA) is 138 Å². The van der Waals surface area contributed by atoms with Crippen molar-refractivity contribution >= 4 is 51.6 Å². The highest BCUT2D eigenvalue weighted by molar-refractivity contribution is 6.49. The predicted octanol–water partition coefficient (Wildman–Crippen LogP) is 8.01. The van der Waals surface area contributed by atoms with Crippen molar-refractivity contribution in [2.75, 3.05) is 32.2 Å². The molecule has 0 fully saturated rings. The molecule has 6 rings (SSSR count). The second-order valence-electron chi connectivity index (χ2n) is 11.9. The highest BCUT2D eigenvalue weighted by Crippen LogP contribution is 2.36. The molecule has 0 aliphatic carbocycles. The van der Waals surface area contributed by atoms with Crippen LogP contribution in [0.15, 0.2) is 79.1 Å². The van der Waals surface area contributed by atoms with Gasteiger partial charge in [-0.05, 0) is 61.2 Å². The molecule has 0 bridgehead atoms. The molecule has 0 unspecified atom stereocenters. The zero-order valence-corrected chi connectivity index (χ0v) is 29.1. The van der Waals surface area contributed by atoms with Crippen LogP contribution in [0.25, 0.3) is 10.9 Å². The first-order valence-corrected chi connectivity index (χ1v) is 17.2. The Kier molecular flexibility index (Phi) is 11.9. The summed E-state index contributed by atoms with van der Waals surface area (Å²) in [5.41, 5.74) is 1.88. The lowest BCUT2D eigenvalue weighted by molar-refractivity contribution is -0.116. The lowest BCUT2D eigenvalue weighted by atomic mass is 9.98. The average molecular weight is 727 g/mol. The molecule has 1 aromatic heterocycles. The van der Waals surface area contributed by atoms with Crippen molar-refractivity contribution in [2.24, 2.45) is 0 Å². The smallest absolute Gasteiger partial charge is 0.299 e. The van der Waals surface area contributed by atoms with E-state index in [2.05, 4.69) is 20.6 Å². The van der Waals surface area contributed by atoms with Crippen LogP contribution >= 0.6 is 11.6 Å². The van der Waals surface area contributed by atoms with E-state index in [4.69, 9.17) is 30.5 Å². The van der Waals surface area contributed by atoms with E-state index >= 15 is 0 Å². The normalized spacial score (nSPS) is 12.4. The van der Waals surface area contributed by atoms with Gasteiger partial charge in [0.05, 0.1) is 35.5 Å². The number of hydrogen-bond acceptors (Lipinski definition) is 10. The molecule has 0 radical (unpaired) electrons. The molecule has 13 heteroatoms. The van der Waals surface area contributed by atoms with Crippen molar-refractivity contribution in [1.82, 2.24) is 15.3 Å². The zero-order valence-electron chi connectivity index (χ0n) is 28.4. The van der Waals surface area contributed by atoms with Gasteiger partial charge in [-0.1, -0.05) is 61.2 Å². The number of nitrogens with zero attached hydrogens (tertiary/aromatic N) is 2. The van der Waals surface area contributed by atoms with E-state index < -0.39 is 23.4 Å². The number of methoxy groups -OCH3 is 1. The number of aryl methyl sites for hydroxylation is 1. The summed E-state index contributed by atoms with van der Waals surface area (Å²) in [6.45, 7) is 1.29. The Morgan fingerprint density at radius 3 is 2.44 bits per heavy atom. The largest absolute Gasteiger partial charge is 0.493 e. The Morgan fingerprint density at radius 1 is 0.788 bits per heavy atom. The number of aromatic nitrogens is 2. The fraction of sp³-hybridized carbons (Fsp3) is 0.256. The number of ether oxygens (including phenoxy) is 4. The number of imide groups is 1. The minimum atomic E-state index is -0.940. The van der Waals surface area contributed by atoms with E-state index in [0.29, 0.717) is 53.8 Å². The van der Waals surface area contributed by atoms with Crippen LogP contribution in [0.4, 0.5) is 15.9 Å². The molecule has 1 aliphatic rings. The predicted molar refractivity (Wildman–Crippen MR) is 194 cm³/mol. The van der Waals surface area contributed by atoms with Crippen LogP contribution in [0, 0.1) is 5.82 Å². The van der Waals surface area contributed by atoms with Gasteiger partial charge in [0.1, 0.15) is 30.3 Å². The standard InChI is InChI=1S/C39H36ClFN4O7/c1-49-32-22-29-26(37(43-23-42-29)44-28-15-10-14-27(40)35(28)41)21-33(32)51-20-19-50-18-8-4-2-3-5-11-24-12-6-7-16-30(24)52-31-17-9-13-25-34(31)38(47)45-39(48)36(25)46/h6-7,9-10,12-17,21-23H,2-5,8,11,18-20H2,1H3,(H,42,43,44)(H,45,47,48). The van der Waals surface area contributed by atoms with E-state index in [-0.39, 0.29) is 27.6 Å². The number of carbonyl (C=O) groups is 3. The fourth-order valence-corrected chi connectivity index (χ4v) is 6.01. The van der Waals surface area contributed by atoms with Crippen molar-refractivity contribution in [3.8, 4) is 23.0 Å². The summed E-state index contributed by atoms with van der Waals surface area (Å²) < 4.78 is 38.0. The summed E-state index contributed by atoms with van der Waals surface area (Å²) in [4.78, 5) is 45.2. The summed E-state index contributed by atoms with van der Waals surface area (Å²) in [5, 5.41) is 5.70. The van der Waals surface area contributed by atoms with Crippen LogP contribution in [0.1, 0.15) is 58.4 Å². The Morgan fingerprint density at radius 2 is 1.58 bits per heavy atom. The molecule has 11 nitrogen and oxygen atoms in total. The number of rotatable bonds is 17. The molecule has 5 aromatic rings. The highest BCUT2D eigenvalue weighted by Gasteiger charge is 2.33. The molecular weight excluding hydrogens is 691 g/mol. The molecular formula is C39H36ClFN4O7. The molecule has 268 valence electrons. The van der Waals surface area contributed by atoms with Crippen LogP contribution < -0.4 is 24.8 Å². The second kappa shape index (κ2) is 17.1. The number of fused-ring (bicyclic) bond motifs is 2. The Labute approximate surface area is 304 Å². The fourth-order valence-electron chi connectivity index (χ4n) is 5.84. The Bertz CT molecular complexity index is 2110. The molecule has 2 N–H and O–H groups in total. The van der Waals surface area contributed by atoms with Crippen LogP contribution in [0.5, 0.6) is 23.0 Å². The quantitative estimate of drug-likeness (QED) is 0.0551. The Hall–Kier alpha value is -5.59. The molecule has 0 saturated carbocycles. The highest BCUT2D eigenvalue weighted by atomic mass is 35.5. The van der Waals surface area contributed by atoms with Gasteiger partial charge in [0.2, 0.25) is 0 Å². The maximum absolute atomic E-state index is 14.5. The van der Waals surface area contributed by atoms with Crippen molar-refractivity contribution in [3.05, 3.63) is 107 Å². The molecule has 4 aromatic carbocycles. The lowest BCUT2D eigenvalue weighted by Gasteiger charge is -2.18. The van der Waals surface area contributed by atoms with Gasteiger partial charge in [0, 0.05) is 23.6 Å². The van der Waals surface area contributed by atoms with Gasteiger partial charge in [-0.2, -0.15) is 0 Å². The summed E-state index contributed by atoms with van der Waals surface area (Å²) in [5.74, 6) is -0.719. The summed E-state index contributed by atoms with van der Waals surface area (Å²) in [6, 6.07) is 20.4. The molecule has 2 amide bonds. The molecule has 0 atom stereocenters. The summed E-state index contributed by atoms with van der Waals surface area (Å²) in [6.07, 6.45) is 7.09.